The molecule has 2 aromatic rings. The number of esters is 1. The van der Waals surface area contributed by atoms with Crippen LogP contribution in [0.4, 0.5) is 0 Å². The lowest BCUT2D eigenvalue weighted by molar-refractivity contribution is -0.159. The van der Waals surface area contributed by atoms with Crippen LogP contribution in [0.2, 0.25) is 0 Å². The molecule has 2 rings (SSSR count). The van der Waals surface area contributed by atoms with Crippen LogP contribution < -0.4 is 0 Å². The van der Waals surface area contributed by atoms with Gasteiger partial charge < -0.3 is 9.84 Å². The lowest BCUT2D eigenvalue weighted by atomic mass is 9.92. The van der Waals surface area contributed by atoms with Gasteiger partial charge in [-0.15, -0.1) is 0 Å². The number of hydrogen-bond acceptors (Lipinski definition) is 4. The van der Waals surface area contributed by atoms with E-state index in [4.69, 9.17) is 4.74 Å². The van der Waals surface area contributed by atoms with Crippen molar-refractivity contribution in [3.8, 4) is 0 Å². The first-order valence-electron chi connectivity index (χ1n) is 10.1. The first-order chi connectivity index (χ1) is 13.4. The number of nitrogens with zero attached hydrogens (tertiary/aromatic N) is 1. The summed E-state index contributed by atoms with van der Waals surface area (Å²) in [6.07, 6.45) is -0.837. The number of benzene rings is 2. The monoisotopic (exact) mass is 383 g/mol. The Balaban J connectivity index is 2.54. The van der Waals surface area contributed by atoms with Crippen LogP contribution in [-0.4, -0.2) is 34.7 Å². The summed E-state index contributed by atoms with van der Waals surface area (Å²) >= 11 is 0. The summed E-state index contributed by atoms with van der Waals surface area (Å²) in [5.74, 6) is -0.461. The zero-order valence-corrected chi connectivity index (χ0v) is 17.6. The molecule has 28 heavy (non-hydrogen) atoms. The molecule has 0 aliphatic rings. The lowest BCUT2D eigenvalue weighted by Gasteiger charge is -2.42. The molecule has 0 unspecified atom stereocenters. The van der Waals surface area contributed by atoms with E-state index in [-0.39, 0.29) is 30.6 Å². The minimum absolute atomic E-state index is 0.0807. The van der Waals surface area contributed by atoms with Gasteiger partial charge in [0.1, 0.15) is 6.04 Å². The van der Waals surface area contributed by atoms with Gasteiger partial charge in [0.05, 0.1) is 12.7 Å². The molecule has 2 aromatic carbocycles. The number of aliphatic hydroxyl groups is 1. The zero-order valence-electron chi connectivity index (χ0n) is 17.6. The largest absolute Gasteiger partial charge is 0.465 e. The van der Waals surface area contributed by atoms with Crippen LogP contribution in [0.3, 0.4) is 0 Å². The number of rotatable bonds is 9. The molecule has 0 spiro atoms. The van der Waals surface area contributed by atoms with Crippen LogP contribution in [0.1, 0.15) is 57.8 Å². The first-order valence-corrected chi connectivity index (χ1v) is 10.1. The van der Waals surface area contributed by atoms with Crippen molar-refractivity contribution in [2.75, 3.05) is 6.61 Å². The second kappa shape index (κ2) is 10.4. The van der Waals surface area contributed by atoms with Gasteiger partial charge in [-0.25, -0.2) is 0 Å². The fourth-order valence-corrected chi connectivity index (χ4v) is 3.65. The van der Waals surface area contributed by atoms with E-state index in [0.29, 0.717) is 0 Å². The maximum Gasteiger partial charge on any atom is 0.326 e. The molecule has 0 heterocycles. The Labute approximate surface area is 169 Å². The Bertz CT molecular complexity index is 672. The maximum atomic E-state index is 13.0. The van der Waals surface area contributed by atoms with E-state index in [1.807, 2.05) is 50.2 Å². The fourth-order valence-electron chi connectivity index (χ4n) is 3.65. The molecule has 1 N–H and O–H groups in total. The van der Waals surface area contributed by atoms with Gasteiger partial charge >= 0.3 is 5.97 Å². The third-order valence-corrected chi connectivity index (χ3v) is 5.31. The molecule has 0 amide bonds. The van der Waals surface area contributed by atoms with Crippen LogP contribution in [0.25, 0.3) is 0 Å². The quantitative estimate of drug-likeness (QED) is 0.634. The van der Waals surface area contributed by atoms with Gasteiger partial charge in [0.2, 0.25) is 0 Å². The van der Waals surface area contributed by atoms with E-state index >= 15 is 0 Å². The highest BCUT2D eigenvalue weighted by Crippen LogP contribution is 2.35. The van der Waals surface area contributed by atoms with E-state index in [0.717, 1.165) is 11.1 Å². The van der Waals surface area contributed by atoms with Gasteiger partial charge in [-0.1, -0.05) is 74.5 Å². The summed E-state index contributed by atoms with van der Waals surface area (Å²) in [5.41, 5.74) is 2.19. The predicted octanol–water partition coefficient (Wildman–Crippen LogP) is 4.76. The third kappa shape index (κ3) is 5.21. The molecule has 0 saturated carbocycles. The second-order valence-electron chi connectivity index (χ2n) is 7.55. The van der Waals surface area contributed by atoms with Crippen molar-refractivity contribution < 1.29 is 14.6 Å². The highest BCUT2D eigenvalue weighted by molar-refractivity contribution is 5.76. The summed E-state index contributed by atoms with van der Waals surface area (Å²) in [6.45, 7) is 10.1. The number of carbonyl (C=O) groups excluding carboxylic acids is 1. The van der Waals surface area contributed by atoms with Gasteiger partial charge in [0, 0.05) is 12.1 Å². The molecule has 0 aliphatic heterocycles. The van der Waals surface area contributed by atoms with Crippen LogP contribution in [0.5, 0.6) is 0 Å². The summed E-state index contributed by atoms with van der Waals surface area (Å²) < 4.78 is 5.39. The van der Waals surface area contributed by atoms with Gasteiger partial charge in [-0.3, -0.25) is 9.69 Å². The van der Waals surface area contributed by atoms with E-state index < -0.39 is 12.1 Å². The molecular formula is C24H33NO3. The number of hydrogen-bond donors (Lipinski definition) is 1. The van der Waals surface area contributed by atoms with Crippen LogP contribution in [-0.2, 0) is 9.53 Å². The Morgan fingerprint density at radius 2 is 1.32 bits per heavy atom. The Kier molecular flexibility index (Phi) is 8.21. The van der Waals surface area contributed by atoms with Crippen molar-refractivity contribution >= 4 is 5.97 Å². The molecular weight excluding hydrogens is 350 g/mol. The van der Waals surface area contributed by atoms with Gasteiger partial charge in [0.15, 0.2) is 0 Å². The summed E-state index contributed by atoms with van der Waals surface area (Å²) in [6, 6.07) is 19.2. The second-order valence-corrected chi connectivity index (χ2v) is 7.55. The standard InChI is InChI=1S/C24H33NO3/c1-6-28-24(27)22(23(26)17(2)3)25(18(4)20-13-9-7-10-14-20)19(5)21-15-11-8-12-16-21/h7-19,22-23,26H,6H2,1-5H3/t18-,19-,22+,23+/m0/s1. The molecule has 0 saturated heterocycles. The van der Waals surface area contributed by atoms with Crippen molar-refractivity contribution in [2.45, 2.75) is 58.8 Å². The Morgan fingerprint density at radius 3 is 1.68 bits per heavy atom. The average molecular weight is 384 g/mol. The highest BCUT2D eigenvalue weighted by Gasteiger charge is 2.41. The Morgan fingerprint density at radius 1 is 0.893 bits per heavy atom. The van der Waals surface area contributed by atoms with Crippen LogP contribution in [0.15, 0.2) is 60.7 Å². The molecule has 0 fully saturated rings. The van der Waals surface area contributed by atoms with Crippen molar-refractivity contribution in [3.05, 3.63) is 71.8 Å². The average Bonchev–Trinajstić information content (AvgIpc) is 2.71. The summed E-state index contributed by atoms with van der Waals surface area (Å²) in [7, 11) is 0. The molecule has 4 atom stereocenters. The normalized spacial score (nSPS) is 15.9. The lowest BCUT2D eigenvalue weighted by Crippen LogP contribution is -2.53. The number of ether oxygens (including phenoxy) is 1. The molecule has 0 aromatic heterocycles. The van der Waals surface area contributed by atoms with Crippen molar-refractivity contribution in [1.29, 1.82) is 0 Å². The minimum Gasteiger partial charge on any atom is -0.465 e. The van der Waals surface area contributed by atoms with E-state index in [1.165, 1.54) is 0 Å². The molecule has 4 heteroatoms. The summed E-state index contributed by atoms with van der Waals surface area (Å²) in [4.78, 5) is 15.1. The molecule has 152 valence electrons. The van der Waals surface area contributed by atoms with Crippen LogP contribution >= 0.6 is 0 Å². The predicted molar refractivity (Wildman–Crippen MR) is 113 cm³/mol. The highest BCUT2D eigenvalue weighted by atomic mass is 16.5. The molecule has 0 bridgehead atoms. The molecule has 4 nitrogen and oxygen atoms in total. The Hall–Kier alpha value is -2.17. The van der Waals surface area contributed by atoms with Crippen molar-refractivity contribution in [1.82, 2.24) is 4.90 Å². The van der Waals surface area contributed by atoms with E-state index in [2.05, 4.69) is 43.0 Å². The van der Waals surface area contributed by atoms with Gasteiger partial charge in [-0.2, -0.15) is 0 Å². The zero-order chi connectivity index (χ0) is 20.7. The summed E-state index contributed by atoms with van der Waals surface area (Å²) in [5, 5.41) is 11.0. The third-order valence-electron chi connectivity index (χ3n) is 5.31. The molecule has 0 aliphatic carbocycles. The molecule has 0 radical (unpaired) electrons. The van der Waals surface area contributed by atoms with Gasteiger partial charge in [0.25, 0.3) is 0 Å². The van der Waals surface area contributed by atoms with Crippen LogP contribution in [0, 0.1) is 5.92 Å². The van der Waals surface area contributed by atoms with Crippen molar-refractivity contribution in [3.63, 3.8) is 0 Å². The SMILES string of the molecule is CCOC(=O)[C@@H]([C@H](O)C(C)C)N([C@@H](C)c1ccccc1)[C@@H](C)c1ccccc1. The van der Waals surface area contributed by atoms with E-state index in [1.54, 1.807) is 6.92 Å². The smallest absolute Gasteiger partial charge is 0.326 e. The van der Waals surface area contributed by atoms with Crippen molar-refractivity contribution in [2.24, 2.45) is 5.92 Å². The number of aliphatic hydroxyl groups excluding tert-OH is 1. The first kappa shape index (κ1) is 22.1. The number of carbonyl (C=O) groups is 1. The minimum atomic E-state index is -0.837. The topological polar surface area (TPSA) is 49.8 Å². The van der Waals surface area contributed by atoms with E-state index in [9.17, 15) is 9.90 Å². The maximum absolute atomic E-state index is 13.0. The fraction of sp³-hybridized carbons (Fsp3) is 0.458. The van der Waals surface area contributed by atoms with Gasteiger partial charge in [-0.05, 0) is 37.8 Å².